The van der Waals surface area contributed by atoms with Crippen molar-refractivity contribution in [1.29, 1.82) is 0 Å². The molecule has 14 nitrogen and oxygen atoms in total. The van der Waals surface area contributed by atoms with Crippen LogP contribution in [0, 0.1) is 11.3 Å². The van der Waals surface area contributed by atoms with Gasteiger partial charge >= 0.3 is 6.09 Å². The van der Waals surface area contributed by atoms with Crippen LogP contribution in [0.5, 0.6) is 11.5 Å². The second kappa shape index (κ2) is 21.3. The van der Waals surface area contributed by atoms with Gasteiger partial charge in [-0.25, -0.2) is 18.2 Å². The van der Waals surface area contributed by atoms with Crippen molar-refractivity contribution < 1.29 is 41.8 Å². The van der Waals surface area contributed by atoms with Crippen LogP contribution < -0.4 is 24.8 Å². The first-order valence-electron chi connectivity index (χ1n) is 22.7. The molecule has 360 valence electrons. The lowest BCUT2D eigenvalue weighted by Crippen LogP contribution is -2.60. The Morgan fingerprint density at radius 2 is 1.62 bits per heavy atom. The minimum absolute atomic E-state index is 0.00199. The number of ether oxygens (including phenoxy) is 3. The first-order valence-corrected chi connectivity index (χ1v) is 24.2. The molecule has 0 bridgehead atoms. The van der Waals surface area contributed by atoms with Gasteiger partial charge in [-0.3, -0.25) is 19.1 Å². The van der Waals surface area contributed by atoms with E-state index in [-0.39, 0.29) is 25.8 Å². The lowest BCUT2D eigenvalue weighted by molar-refractivity contribution is -0.143. The zero-order valence-corrected chi connectivity index (χ0v) is 41.7. The number of rotatable bonds is 14. The summed E-state index contributed by atoms with van der Waals surface area (Å²) in [5, 5.41) is 6.25. The molecule has 5 atom stereocenters. The van der Waals surface area contributed by atoms with Gasteiger partial charge in [0.2, 0.25) is 21.8 Å². The molecule has 0 spiro atoms. The maximum absolute atomic E-state index is 14.8. The number of methoxy groups -OCH3 is 1. The Kier molecular flexibility index (Phi) is 17.1. The monoisotopic (exact) mass is 929 g/mol. The maximum atomic E-state index is 14.8. The Morgan fingerprint density at radius 3 is 2.14 bits per heavy atom. The number of alkyl carbamates (subject to hydrolysis) is 1. The number of nitrogens with one attached hydrogen (secondary N) is 3. The van der Waals surface area contributed by atoms with Crippen LogP contribution in [-0.2, 0) is 29.1 Å². The van der Waals surface area contributed by atoms with E-state index in [1.165, 1.54) is 11.0 Å². The van der Waals surface area contributed by atoms with Gasteiger partial charge in [0.15, 0.2) is 0 Å². The Bertz CT molecular complexity index is 2400. The average Bonchev–Trinajstić information content (AvgIpc) is 4.16. The molecule has 66 heavy (non-hydrogen) atoms. The lowest BCUT2D eigenvalue weighted by atomic mass is 9.85. The topological polar surface area (TPSA) is 182 Å². The van der Waals surface area contributed by atoms with Gasteiger partial charge in [0.25, 0.3) is 5.91 Å². The molecule has 2 unspecified atom stereocenters. The molecule has 3 aromatic rings. The first kappa shape index (κ1) is 52.9. The highest BCUT2D eigenvalue weighted by Crippen LogP contribution is 2.49. The highest BCUT2D eigenvalue weighted by Gasteiger charge is 2.63. The van der Waals surface area contributed by atoms with Crippen LogP contribution in [0.4, 0.5) is 4.79 Å². The molecule has 2 aliphatic carbocycles. The third-order valence-electron chi connectivity index (χ3n) is 11.6. The molecule has 4 amide bonds. The number of amides is 4. The summed E-state index contributed by atoms with van der Waals surface area (Å²) in [6, 6.07) is 14.4. The normalized spacial score (nSPS) is 21.2. The number of nitrogens with zero attached hydrogens (tertiary/aromatic N) is 2. The van der Waals surface area contributed by atoms with Crippen molar-refractivity contribution in [2.45, 2.75) is 142 Å². The van der Waals surface area contributed by atoms with Gasteiger partial charge in [0.05, 0.1) is 29.6 Å². The van der Waals surface area contributed by atoms with Crippen LogP contribution in [0.3, 0.4) is 0 Å². The van der Waals surface area contributed by atoms with E-state index in [1.54, 1.807) is 67.7 Å². The van der Waals surface area contributed by atoms with Gasteiger partial charge in [-0.1, -0.05) is 88.8 Å². The number of fused-ring (bicyclic) bond motifs is 1. The summed E-state index contributed by atoms with van der Waals surface area (Å²) < 4.78 is 46.0. The summed E-state index contributed by atoms with van der Waals surface area (Å²) in [6.07, 6.45) is 5.03. The molecular weight excluding hydrogens is 859 g/mol. The smallest absolute Gasteiger partial charge is 0.408 e. The standard InChI is InChI=1S/C45H57N5O9S.C4H8.C2H6/c1-11-29-25-45(29,40(53)49-60(55,56)44(19-20-44)24-27(2)3)48-38(51)35-22-31(26-50(35)39(52)37(42(4,5)6)47-41(54)59-43(7,8)9)58-36-23-33(28-15-13-12-14-16-28)46-34-21-30(57-10)17-18-32(34)36;1-3-4-2;1-2/h11-18,21,23,29,31,35,37H,1-2,19-20,22,24-26H2,3-10H3,(H,47,54)(H,48,51)(H,49,53);3-4H,1-2H3;1-2H3/b;4-3-;/t29?,31?,35-,37+,45+;;/m0../s1. The van der Waals surface area contributed by atoms with Crippen molar-refractivity contribution >= 4 is 44.7 Å². The van der Waals surface area contributed by atoms with E-state index in [1.807, 2.05) is 82.3 Å². The molecule has 15 heteroatoms. The quantitative estimate of drug-likeness (QED) is 0.132. The highest BCUT2D eigenvalue weighted by molar-refractivity contribution is 7.91. The molecule has 0 radical (unpaired) electrons. The van der Waals surface area contributed by atoms with Gasteiger partial charge in [-0.05, 0) is 84.8 Å². The number of benzene rings is 2. The number of likely N-dealkylation sites (tertiary alicyclic amines) is 1. The zero-order valence-electron chi connectivity index (χ0n) is 40.9. The Balaban J connectivity index is 0.00000150. The van der Waals surface area contributed by atoms with Crippen molar-refractivity contribution in [3.63, 3.8) is 0 Å². The summed E-state index contributed by atoms with van der Waals surface area (Å²) in [5.41, 5.74) is -0.570. The Labute approximate surface area is 392 Å². The molecule has 6 rings (SSSR count). The fourth-order valence-corrected chi connectivity index (χ4v) is 9.56. The average molecular weight is 930 g/mol. The summed E-state index contributed by atoms with van der Waals surface area (Å²) in [4.78, 5) is 62.8. The van der Waals surface area contributed by atoms with Crippen LogP contribution in [0.2, 0.25) is 0 Å². The molecule has 2 saturated carbocycles. The zero-order chi connectivity index (χ0) is 49.4. The predicted octanol–water partition coefficient (Wildman–Crippen LogP) is 8.81. The fraction of sp³-hybridized carbons (Fsp3) is 0.510. The number of allylic oxidation sites excluding steroid dienone is 3. The molecule has 2 heterocycles. The molecule has 1 saturated heterocycles. The summed E-state index contributed by atoms with van der Waals surface area (Å²) >= 11 is 0. The number of pyridine rings is 1. The minimum Gasteiger partial charge on any atom is -0.497 e. The largest absolute Gasteiger partial charge is 0.497 e. The maximum Gasteiger partial charge on any atom is 0.408 e. The van der Waals surface area contributed by atoms with Crippen LogP contribution in [0.15, 0.2) is 91.6 Å². The van der Waals surface area contributed by atoms with Crippen molar-refractivity contribution in [3.8, 4) is 22.8 Å². The molecular formula is C51H71N5O9S. The van der Waals surface area contributed by atoms with Gasteiger partial charge in [-0.15, -0.1) is 13.2 Å². The van der Waals surface area contributed by atoms with Crippen LogP contribution in [0.25, 0.3) is 22.2 Å². The number of aromatic nitrogens is 1. The number of sulfonamides is 1. The second-order valence-electron chi connectivity index (χ2n) is 19.1. The van der Waals surface area contributed by atoms with E-state index in [0.717, 1.165) is 5.56 Å². The second-order valence-corrected chi connectivity index (χ2v) is 21.2. The summed E-state index contributed by atoms with van der Waals surface area (Å²) in [6.45, 7) is 27.9. The third-order valence-corrected chi connectivity index (χ3v) is 13.7. The van der Waals surface area contributed by atoms with Crippen LogP contribution in [0.1, 0.15) is 108 Å². The van der Waals surface area contributed by atoms with Crippen molar-refractivity contribution in [2.24, 2.45) is 11.3 Å². The van der Waals surface area contributed by atoms with E-state index in [0.29, 0.717) is 46.5 Å². The molecule has 1 aliphatic heterocycles. The number of carbonyl (C=O) groups is 4. The van der Waals surface area contributed by atoms with Crippen LogP contribution in [-0.4, -0.2) is 89.8 Å². The molecule has 3 fully saturated rings. The molecule has 2 aromatic carbocycles. The van der Waals surface area contributed by atoms with Crippen molar-refractivity contribution in [3.05, 3.63) is 91.6 Å². The molecule has 3 aliphatic rings. The van der Waals surface area contributed by atoms with Crippen LogP contribution >= 0.6 is 0 Å². The van der Waals surface area contributed by atoms with Gasteiger partial charge in [-0.2, -0.15) is 0 Å². The third kappa shape index (κ3) is 12.6. The number of hydrogen-bond acceptors (Lipinski definition) is 10. The van der Waals surface area contributed by atoms with Gasteiger partial charge < -0.3 is 29.7 Å². The van der Waals surface area contributed by atoms with E-state index in [9.17, 15) is 27.6 Å². The van der Waals surface area contributed by atoms with Gasteiger partial charge in [0.1, 0.15) is 40.8 Å². The Morgan fingerprint density at radius 1 is 0.985 bits per heavy atom. The Hall–Kier alpha value is -5.70. The summed E-state index contributed by atoms with van der Waals surface area (Å²) in [7, 11) is -2.57. The van der Waals surface area contributed by atoms with Gasteiger partial charge in [0, 0.05) is 35.4 Å². The van der Waals surface area contributed by atoms with Crippen molar-refractivity contribution in [1.82, 2.24) is 25.2 Å². The van der Waals surface area contributed by atoms with E-state index < -0.39 is 79.2 Å². The van der Waals surface area contributed by atoms with E-state index >= 15 is 0 Å². The van der Waals surface area contributed by atoms with Crippen molar-refractivity contribution in [2.75, 3.05) is 13.7 Å². The minimum atomic E-state index is -4.13. The summed E-state index contributed by atoms with van der Waals surface area (Å²) in [5.74, 6) is -1.65. The predicted molar refractivity (Wildman–Crippen MR) is 260 cm³/mol. The lowest BCUT2D eigenvalue weighted by Gasteiger charge is -2.36. The fourth-order valence-electron chi connectivity index (χ4n) is 7.84. The van der Waals surface area contributed by atoms with E-state index in [4.69, 9.17) is 19.2 Å². The molecule has 3 N–H and O–H groups in total. The SMILES string of the molecule is C/C=C\C.C=CC1C[C@]1(NC(=O)[C@@H]1CC(Oc2cc(-c3ccccc3)nc3cc(OC)ccc23)CN1C(=O)[C@@H](NC(=O)OC(C)(C)C)C(C)(C)C)C(=O)NS(=O)(=O)C1(CC(=C)C)CC1.CC. The van der Waals surface area contributed by atoms with E-state index in [2.05, 4.69) is 28.5 Å². The molecule has 1 aromatic heterocycles. The number of carbonyl (C=O) groups excluding carboxylic acids is 4. The number of hydrogen-bond donors (Lipinski definition) is 3. The first-order chi connectivity index (χ1) is 30.9. The highest BCUT2D eigenvalue weighted by atomic mass is 32.2.